The van der Waals surface area contributed by atoms with Crippen LogP contribution in [-0.2, 0) is 19.5 Å². The molecule has 0 unspecified atom stereocenters. The summed E-state index contributed by atoms with van der Waals surface area (Å²) in [6.07, 6.45) is 0.989. The molecule has 0 aromatic heterocycles. The van der Waals surface area contributed by atoms with E-state index in [0.717, 1.165) is 32.0 Å². The molecule has 0 amide bonds. The van der Waals surface area contributed by atoms with Gasteiger partial charge in [0.25, 0.3) is 0 Å². The first-order chi connectivity index (χ1) is 12.2. The molecular formula is C21H30N4. The Labute approximate surface area is 152 Å². The molecule has 0 aliphatic carbocycles. The number of guanidine groups is 1. The van der Waals surface area contributed by atoms with Crippen molar-refractivity contribution in [3.8, 4) is 0 Å². The predicted molar refractivity (Wildman–Crippen MR) is 107 cm³/mol. The van der Waals surface area contributed by atoms with Gasteiger partial charge in [-0.05, 0) is 44.1 Å². The van der Waals surface area contributed by atoms with Crippen molar-refractivity contribution in [1.29, 1.82) is 0 Å². The molecule has 0 aliphatic heterocycles. The lowest BCUT2D eigenvalue weighted by atomic mass is 10.1. The highest BCUT2D eigenvalue weighted by Crippen LogP contribution is 2.11. The topological polar surface area (TPSA) is 39.7 Å². The van der Waals surface area contributed by atoms with Gasteiger partial charge in [-0.3, -0.25) is 0 Å². The van der Waals surface area contributed by atoms with Crippen molar-refractivity contribution >= 4 is 5.96 Å². The Balaban J connectivity index is 1.95. The molecule has 0 heterocycles. The van der Waals surface area contributed by atoms with Gasteiger partial charge >= 0.3 is 0 Å². The number of hydrogen-bond acceptors (Lipinski definition) is 2. The SMILES string of the molecule is CCNC(=NCc1ccccc1CN(C)C)NCCc1ccccc1. The molecule has 2 N–H and O–H groups in total. The minimum Gasteiger partial charge on any atom is -0.357 e. The van der Waals surface area contributed by atoms with Crippen LogP contribution in [0.5, 0.6) is 0 Å². The third-order valence-electron chi connectivity index (χ3n) is 3.91. The van der Waals surface area contributed by atoms with Gasteiger partial charge in [-0.25, -0.2) is 4.99 Å². The monoisotopic (exact) mass is 338 g/mol. The summed E-state index contributed by atoms with van der Waals surface area (Å²) < 4.78 is 0. The van der Waals surface area contributed by atoms with E-state index in [4.69, 9.17) is 4.99 Å². The molecule has 4 heteroatoms. The average molecular weight is 338 g/mol. The largest absolute Gasteiger partial charge is 0.357 e. The van der Waals surface area contributed by atoms with Crippen molar-refractivity contribution in [2.75, 3.05) is 27.2 Å². The molecular weight excluding hydrogens is 308 g/mol. The average Bonchev–Trinajstić information content (AvgIpc) is 2.61. The molecule has 0 radical (unpaired) electrons. The second kappa shape index (κ2) is 10.5. The maximum Gasteiger partial charge on any atom is 0.191 e. The number of nitrogens with zero attached hydrogens (tertiary/aromatic N) is 2. The van der Waals surface area contributed by atoms with Crippen LogP contribution in [0, 0.1) is 0 Å². The Bertz CT molecular complexity index is 650. The lowest BCUT2D eigenvalue weighted by molar-refractivity contribution is 0.401. The maximum absolute atomic E-state index is 4.76. The van der Waals surface area contributed by atoms with Gasteiger partial charge in [0, 0.05) is 19.6 Å². The summed E-state index contributed by atoms with van der Waals surface area (Å²) in [6, 6.07) is 19.0. The van der Waals surface area contributed by atoms with Gasteiger partial charge in [0.2, 0.25) is 0 Å². The lowest BCUT2D eigenvalue weighted by Gasteiger charge is -2.14. The zero-order chi connectivity index (χ0) is 17.9. The highest BCUT2D eigenvalue weighted by molar-refractivity contribution is 5.79. The highest BCUT2D eigenvalue weighted by Gasteiger charge is 2.03. The second-order valence-corrected chi connectivity index (χ2v) is 6.36. The van der Waals surface area contributed by atoms with E-state index in [-0.39, 0.29) is 0 Å². The quantitative estimate of drug-likeness (QED) is 0.574. The van der Waals surface area contributed by atoms with Gasteiger partial charge in [0.15, 0.2) is 5.96 Å². The molecule has 0 spiro atoms. The van der Waals surface area contributed by atoms with E-state index in [2.05, 4.69) is 85.1 Å². The summed E-state index contributed by atoms with van der Waals surface area (Å²) in [5, 5.41) is 6.76. The van der Waals surface area contributed by atoms with Crippen molar-refractivity contribution in [3.63, 3.8) is 0 Å². The van der Waals surface area contributed by atoms with Crippen LogP contribution >= 0.6 is 0 Å². The summed E-state index contributed by atoms with van der Waals surface area (Å²) in [6.45, 7) is 5.44. The zero-order valence-corrected chi connectivity index (χ0v) is 15.6. The van der Waals surface area contributed by atoms with E-state index in [9.17, 15) is 0 Å². The molecule has 2 aromatic carbocycles. The van der Waals surface area contributed by atoms with Crippen LogP contribution in [0.1, 0.15) is 23.6 Å². The number of benzene rings is 2. The van der Waals surface area contributed by atoms with E-state index in [0.29, 0.717) is 6.54 Å². The van der Waals surface area contributed by atoms with Gasteiger partial charge in [-0.1, -0.05) is 54.6 Å². The fourth-order valence-electron chi connectivity index (χ4n) is 2.68. The van der Waals surface area contributed by atoms with E-state index in [1.807, 2.05) is 6.07 Å². The van der Waals surface area contributed by atoms with Crippen molar-refractivity contribution in [2.45, 2.75) is 26.4 Å². The fraction of sp³-hybridized carbons (Fsp3) is 0.381. The standard InChI is InChI=1S/C21H30N4/c1-4-22-21(23-15-14-18-10-6-5-7-11-18)24-16-19-12-8-9-13-20(19)17-25(2)3/h5-13H,4,14-17H2,1-3H3,(H2,22,23,24). The van der Waals surface area contributed by atoms with Crippen molar-refractivity contribution < 1.29 is 0 Å². The summed E-state index contributed by atoms with van der Waals surface area (Å²) in [4.78, 5) is 6.95. The van der Waals surface area contributed by atoms with Gasteiger partial charge < -0.3 is 15.5 Å². The Morgan fingerprint density at radius 3 is 2.28 bits per heavy atom. The second-order valence-electron chi connectivity index (χ2n) is 6.36. The van der Waals surface area contributed by atoms with E-state index < -0.39 is 0 Å². The Hall–Kier alpha value is -2.33. The maximum atomic E-state index is 4.76. The van der Waals surface area contributed by atoms with Crippen LogP contribution < -0.4 is 10.6 Å². The molecule has 134 valence electrons. The number of aliphatic imine (C=N–C) groups is 1. The normalized spacial score (nSPS) is 11.6. The molecule has 4 nitrogen and oxygen atoms in total. The van der Waals surface area contributed by atoms with Crippen LogP contribution in [0.3, 0.4) is 0 Å². The summed E-state index contributed by atoms with van der Waals surface area (Å²) >= 11 is 0. The molecule has 2 aromatic rings. The van der Waals surface area contributed by atoms with Crippen molar-refractivity contribution in [3.05, 3.63) is 71.3 Å². The van der Waals surface area contributed by atoms with Crippen LogP contribution in [0.2, 0.25) is 0 Å². The van der Waals surface area contributed by atoms with Gasteiger partial charge in [0.05, 0.1) is 6.54 Å². The third kappa shape index (κ3) is 6.98. The zero-order valence-electron chi connectivity index (χ0n) is 15.6. The van der Waals surface area contributed by atoms with E-state index >= 15 is 0 Å². The first-order valence-corrected chi connectivity index (χ1v) is 8.96. The molecule has 0 bridgehead atoms. The molecule has 2 rings (SSSR count). The minimum atomic E-state index is 0.685. The van der Waals surface area contributed by atoms with Gasteiger partial charge in [-0.2, -0.15) is 0 Å². The summed E-state index contributed by atoms with van der Waals surface area (Å²) in [5.41, 5.74) is 3.94. The smallest absolute Gasteiger partial charge is 0.191 e. The van der Waals surface area contributed by atoms with Crippen LogP contribution in [0.15, 0.2) is 59.6 Å². The first kappa shape index (κ1) is 19.0. The molecule has 0 aliphatic rings. The van der Waals surface area contributed by atoms with E-state index in [1.54, 1.807) is 0 Å². The molecule has 0 atom stereocenters. The number of rotatable bonds is 8. The summed E-state index contributed by atoms with van der Waals surface area (Å²) in [7, 11) is 4.19. The molecule has 0 fully saturated rings. The first-order valence-electron chi connectivity index (χ1n) is 8.96. The lowest BCUT2D eigenvalue weighted by Crippen LogP contribution is -2.38. The van der Waals surface area contributed by atoms with Crippen LogP contribution in [0.25, 0.3) is 0 Å². The third-order valence-corrected chi connectivity index (χ3v) is 3.91. The number of hydrogen-bond donors (Lipinski definition) is 2. The molecule has 0 saturated carbocycles. The molecule has 0 saturated heterocycles. The van der Waals surface area contributed by atoms with Crippen LogP contribution in [0.4, 0.5) is 0 Å². The van der Waals surface area contributed by atoms with Crippen LogP contribution in [-0.4, -0.2) is 38.0 Å². The summed E-state index contributed by atoms with van der Waals surface area (Å²) in [5.74, 6) is 0.873. The van der Waals surface area contributed by atoms with E-state index in [1.165, 1.54) is 16.7 Å². The Morgan fingerprint density at radius 2 is 1.60 bits per heavy atom. The fourth-order valence-corrected chi connectivity index (χ4v) is 2.68. The Morgan fingerprint density at radius 1 is 0.920 bits per heavy atom. The Kier molecular flexibility index (Phi) is 7.99. The van der Waals surface area contributed by atoms with Crippen molar-refractivity contribution in [2.24, 2.45) is 4.99 Å². The predicted octanol–water partition coefficient (Wildman–Crippen LogP) is 3.05. The van der Waals surface area contributed by atoms with Gasteiger partial charge in [0.1, 0.15) is 0 Å². The highest BCUT2D eigenvalue weighted by atomic mass is 15.2. The van der Waals surface area contributed by atoms with Gasteiger partial charge in [-0.15, -0.1) is 0 Å². The minimum absolute atomic E-state index is 0.685. The molecule has 25 heavy (non-hydrogen) atoms. The van der Waals surface area contributed by atoms with Crippen molar-refractivity contribution in [1.82, 2.24) is 15.5 Å². The number of nitrogens with one attached hydrogen (secondary N) is 2.